The highest BCUT2D eigenvalue weighted by molar-refractivity contribution is 7.80. The fourth-order valence-corrected chi connectivity index (χ4v) is 1.73. The van der Waals surface area contributed by atoms with Gasteiger partial charge in [0.25, 0.3) is 0 Å². The number of nitrogens with zero attached hydrogens (tertiary/aromatic N) is 1. The second kappa shape index (κ2) is 6.31. The Morgan fingerprint density at radius 2 is 2.10 bits per heavy atom. The fraction of sp³-hybridized carbons (Fsp3) is 0.143. The van der Waals surface area contributed by atoms with E-state index in [1.165, 1.54) is 13.3 Å². The Kier molecular flexibility index (Phi) is 4.49. The van der Waals surface area contributed by atoms with E-state index in [4.69, 9.17) is 32.5 Å². The van der Waals surface area contributed by atoms with Gasteiger partial charge in [-0.3, -0.25) is 0 Å². The molecule has 0 fully saturated rings. The molecular weight excluding hydrogens is 276 g/mol. The number of nitrogens with two attached hydrogens (primary N) is 1. The minimum Gasteiger partial charge on any atom is -0.493 e. The summed E-state index contributed by atoms with van der Waals surface area (Å²) < 4.78 is 10.9. The third-order valence-corrected chi connectivity index (χ3v) is 2.84. The van der Waals surface area contributed by atoms with Crippen LogP contribution in [0.15, 0.2) is 36.5 Å². The van der Waals surface area contributed by atoms with E-state index in [1.54, 1.807) is 30.3 Å². The van der Waals surface area contributed by atoms with Crippen molar-refractivity contribution in [2.24, 2.45) is 5.73 Å². The maximum Gasteiger partial charge on any atom is 0.169 e. The molecule has 0 aliphatic heterocycles. The van der Waals surface area contributed by atoms with Crippen molar-refractivity contribution in [2.45, 2.75) is 6.61 Å². The number of ether oxygens (including phenoxy) is 2. The number of rotatable bonds is 5. The molecule has 104 valence electrons. The van der Waals surface area contributed by atoms with Crippen LogP contribution in [0.3, 0.4) is 0 Å². The van der Waals surface area contributed by atoms with Crippen molar-refractivity contribution in [1.29, 1.82) is 0 Å². The van der Waals surface area contributed by atoms with Crippen molar-refractivity contribution in [3.05, 3.63) is 47.8 Å². The quantitative estimate of drug-likeness (QED) is 0.820. The minimum atomic E-state index is -0.0547. The number of aliphatic hydroxyl groups excluding tert-OH is 1. The highest BCUT2D eigenvalue weighted by Crippen LogP contribution is 2.32. The van der Waals surface area contributed by atoms with Gasteiger partial charge in [0.05, 0.1) is 25.6 Å². The molecule has 0 saturated heterocycles. The number of pyridine rings is 1. The monoisotopic (exact) mass is 290 g/mol. The number of hydrogen-bond donors (Lipinski definition) is 2. The molecule has 1 aromatic heterocycles. The van der Waals surface area contributed by atoms with E-state index in [0.717, 1.165) is 5.56 Å². The summed E-state index contributed by atoms with van der Waals surface area (Å²) in [4.78, 5) is 4.33. The van der Waals surface area contributed by atoms with Crippen LogP contribution >= 0.6 is 12.2 Å². The van der Waals surface area contributed by atoms with Crippen LogP contribution in [0.25, 0.3) is 0 Å². The summed E-state index contributed by atoms with van der Waals surface area (Å²) in [5.41, 5.74) is 6.76. The highest BCUT2D eigenvalue weighted by Gasteiger charge is 2.07. The number of aromatic nitrogens is 1. The molecule has 0 aliphatic rings. The van der Waals surface area contributed by atoms with Gasteiger partial charge in [0, 0.05) is 0 Å². The van der Waals surface area contributed by atoms with E-state index < -0.39 is 0 Å². The van der Waals surface area contributed by atoms with Gasteiger partial charge in [-0.1, -0.05) is 18.3 Å². The van der Waals surface area contributed by atoms with E-state index >= 15 is 0 Å². The van der Waals surface area contributed by atoms with Crippen molar-refractivity contribution in [3.63, 3.8) is 0 Å². The van der Waals surface area contributed by atoms with Crippen LogP contribution in [0, 0.1) is 0 Å². The summed E-state index contributed by atoms with van der Waals surface area (Å²) in [6, 6.07) is 8.61. The molecule has 0 aliphatic carbocycles. The fourth-order valence-electron chi connectivity index (χ4n) is 1.61. The third kappa shape index (κ3) is 3.23. The van der Waals surface area contributed by atoms with Crippen LogP contribution in [0.2, 0.25) is 0 Å². The molecule has 2 rings (SSSR count). The number of aliphatic hydroxyl groups is 1. The molecule has 0 spiro atoms. The van der Waals surface area contributed by atoms with Gasteiger partial charge in [0.15, 0.2) is 11.5 Å². The average molecular weight is 290 g/mol. The highest BCUT2D eigenvalue weighted by atomic mass is 32.1. The second-order valence-corrected chi connectivity index (χ2v) is 4.43. The molecule has 0 atom stereocenters. The van der Waals surface area contributed by atoms with Crippen molar-refractivity contribution < 1.29 is 14.6 Å². The van der Waals surface area contributed by atoms with E-state index in [9.17, 15) is 0 Å². The van der Waals surface area contributed by atoms with Crippen molar-refractivity contribution in [1.82, 2.24) is 4.98 Å². The maximum absolute atomic E-state index is 9.09. The molecular formula is C14H14N2O3S. The molecule has 1 heterocycles. The summed E-state index contributed by atoms with van der Waals surface area (Å²) in [6.07, 6.45) is 1.54. The Morgan fingerprint density at radius 1 is 1.30 bits per heavy atom. The first-order valence-electron chi connectivity index (χ1n) is 5.85. The Balaban J connectivity index is 2.23. The number of methoxy groups -OCH3 is 1. The molecule has 3 N–H and O–H groups in total. The van der Waals surface area contributed by atoms with E-state index in [2.05, 4.69) is 4.98 Å². The summed E-state index contributed by atoms with van der Waals surface area (Å²) in [6.45, 7) is -0.0547. The minimum absolute atomic E-state index is 0.0547. The molecule has 0 unspecified atom stereocenters. The van der Waals surface area contributed by atoms with Gasteiger partial charge < -0.3 is 20.3 Å². The number of benzene rings is 1. The van der Waals surface area contributed by atoms with E-state index in [0.29, 0.717) is 22.9 Å². The zero-order valence-corrected chi connectivity index (χ0v) is 11.7. The van der Waals surface area contributed by atoms with Crippen LogP contribution in [-0.4, -0.2) is 22.2 Å². The lowest BCUT2D eigenvalue weighted by molar-refractivity contribution is 0.280. The summed E-state index contributed by atoms with van der Waals surface area (Å²) >= 11 is 4.83. The van der Waals surface area contributed by atoms with Crippen LogP contribution in [0.5, 0.6) is 17.2 Å². The van der Waals surface area contributed by atoms with Gasteiger partial charge >= 0.3 is 0 Å². The summed E-state index contributed by atoms with van der Waals surface area (Å²) in [5, 5.41) is 9.09. The zero-order chi connectivity index (χ0) is 14.5. The number of thiocarbonyl (C=S) groups is 1. The van der Waals surface area contributed by atoms with Gasteiger partial charge in [0.2, 0.25) is 0 Å². The first-order chi connectivity index (χ1) is 9.63. The topological polar surface area (TPSA) is 77.6 Å². The van der Waals surface area contributed by atoms with Gasteiger partial charge in [0.1, 0.15) is 10.7 Å². The van der Waals surface area contributed by atoms with Crippen molar-refractivity contribution in [3.8, 4) is 17.2 Å². The molecule has 0 amide bonds. The van der Waals surface area contributed by atoms with Gasteiger partial charge in [-0.15, -0.1) is 0 Å². The number of hydrogen-bond acceptors (Lipinski definition) is 5. The Bertz CT molecular complexity index is 614. The Morgan fingerprint density at radius 3 is 2.65 bits per heavy atom. The first kappa shape index (κ1) is 14.2. The van der Waals surface area contributed by atoms with E-state index in [1.807, 2.05) is 0 Å². The smallest absolute Gasteiger partial charge is 0.169 e. The third-order valence-electron chi connectivity index (χ3n) is 2.63. The molecule has 0 saturated carbocycles. The van der Waals surface area contributed by atoms with Gasteiger partial charge in [-0.05, 0) is 29.8 Å². The molecule has 0 bridgehead atoms. The standard InChI is InChI=1S/C14H14N2O3S/c1-18-13-6-9(8-17)2-5-12(13)19-10-3-4-11(14(15)20)16-7-10/h2-7,17H,8H2,1H3,(H2,15,20). The first-order valence-corrected chi connectivity index (χ1v) is 6.26. The molecule has 1 aromatic carbocycles. The Hall–Kier alpha value is -2.18. The normalized spacial score (nSPS) is 10.1. The van der Waals surface area contributed by atoms with Crippen LogP contribution in [0.4, 0.5) is 0 Å². The largest absolute Gasteiger partial charge is 0.493 e. The van der Waals surface area contributed by atoms with Gasteiger partial charge in [-0.2, -0.15) is 0 Å². The lowest BCUT2D eigenvalue weighted by Gasteiger charge is -2.11. The van der Waals surface area contributed by atoms with Crippen molar-refractivity contribution >= 4 is 17.2 Å². The van der Waals surface area contributed by atoms with Crippen LogP contribution in [0.1, 0.15) is 11.3 Å². The molecule has 5 nitrogen and oxygen atoms in total. The average Bonchev–Trinajstić information content (AvgIpc) is 2.48. The maximum atomic E-state index is 9.09. The molecule has 2 aromatic rings. The summed E-state index contributed by atoms with van der Waals surface area (Å²) in [5.74, 6) is 1.62. The molecule has 0 radical (unpaired) electrons. The summed E-state index contributed by atoms with van der Waals surface area (Å²) in [7, 11) is 1.54. The second-order valence-electron chi connectivity index (χ2n) is 3.99. The molecule has 20 heavy (non-hydrogen) atoms. The van der Waals surface area contributed by atoms with Crippen LogP contribution in [-0.2, 0) is 6.61 Å². The molecule has 6 heteroatoms. The lowest BCUT2D eigenvalue weighted by Crippen LogP contribution is -2.10. The van der Waals surface area contributed by atoms with Gasteiger partial charge in [-0.25, -0.2) is 4.98 Å². The van der Waals surface area contributed by atoms with Crippen molar-refractivity contribution in [2.75, 3.05) is 7.11 Å². The Labute approximate surface area is 122 Å². The predicted molar refractivity (Wildman–Crippen MR) is 79.1 cm³/mol. The van der Waals surface area contributed by atoms with Crippen LogP contribution < -0.4 is 15.2 Å². The predicted octanol–water partition coefficient (Wildman–Crippen LogP) is 2.01. The SMILES string of the molecule is COc1cc(CO)ccc1Oc1ccc(C(N)=S)nc1. The zero-order valence-electron chi connectivity index (χ0n) is 10.9. The lowest BCUT2D eigenvalue weighted by atomic mass is 10.2. The van der Waals surface area contributed by atoms with E-state index in [-0.39, 0.29) is 11.6 Å².